The molecule has 2 aromatic carbocycles. The summed E-state index contributed by atoms with van der Waals surface area (Å²) in [6.45, 7) is 2.75. The zero-order valence-corrected chi connectivity index (χ0v) is 15.8. The van der Waals surface area contributed by atoms with Crippen LogP contribution in [0.5, 0.6) is 0 Å². The molecule has 0 saturated heterocycles. The molecule has 0 saturated carbocycles. The van der Waals surface area contributed by atoms with Gasteiger partial charge in [-0.1, -0.05) is 43.3 Å². The van der Waals surface area contributed by atoms with Crippen molar-refractivity contribution in [2.75, 3.05) is 6.54 Å². The third-order valence-electron chi connectivity index (χ3n) is 5.29. The zero-order chi connectivity index (χ0) is 18.9. The molecule has 0 fully saturated rings. The second kappa shape index (κ2) is 6.98. The van der Waals surface area contributed by atoms with Crippen LogP contribution in [0.2, 0.25) is 0 Å². The second-order valence-electron chi connectivity index (χ2n) is 7.22. The average molecular weight is 373 g/mol. The summed E-state index contributed by atoms with van der Waals surface area (Å²) in [6, 6.07) is 18.5. The van der Waals surface area contributed by atoms with Gasteiger partial charge in [0.15, 0.2) is 5.01 Å². The van der Waals surface area contributed by atoms with E-state index in [0.29, 0.717) is 17.1 Å². The van der Waals surface area contributed by atoms with Gasteiger partial charge in [0.05, 0.1) is 11.6 Å². The topological polar surface area (TPSA) is 65.8 Å². The molecule has 3 aromatic rings. The maximum atomic E-state index is 12.4. The predicted molar refractivity (Wildman–Crippen MR) is 106 cm³/mol. The van der Waals surface area contributed by atoms with Gasteiger partial charge in [-0.3, -0.25) is 4.79 Å². The minimum atomic E-state index is -0.176. The van der Waals surface area contributed by atoms with Crippen LogP contribution in [0.4, 0.5) is 0 Å². The van der Waals surface area contributed by atoms with Gasteiger partial charge in [-0.2, -0.15) is 5.26 Å². The quantitative estimate of drug-likeness (QED) is 0.747. The molecule has 4 nitrogen and oxygen atoms in total. The van der Waals surface area contributed by atoms with Crippen LogP contribution in [0.1, 0.15) is 44.9 Å². The summed E-state index contributed by atoms with van der Waals surface area (Å²) in [6.07, 6.45) is 2.49. The van der Waals surface area contributed by atoms with Gasteiger partial charge in [-0.15, -0.1) is 11.3 Å². The SMILES string of the molecule is C[C@@]1(CNC(=O)c2nccs2)Cc2ccc(C#N)cc2[C@@H]1c1ccccc1. The summed E-state index contributed by atoms with van der Waals surface area (Å²) >= 11 is 1.34. The lowest BCUT2D eigenvalue weighted by atomic mass is 9.74. The Hall–Kier alpha value is -2.97. The van der Waals surface area contributed by atoms with Crippen LogP contribution < -0.4 is 5.32 Å². The molecule has 1 amide bonds. The van der Waals surface area contributed by atoms with Crippen molar-refractivity contribution in [1.29, 1.82) is 5.26 Å². The minimum absolute atomic E-state index is 0.124. The zero-order valence-electron chi connectivity index (χ0n) is 15.0. The largest absolute Gasteiger partial charge is 0.349 e. The molecule has 27 heavy (non-hydrogen) atoms. The summed E-state index contributed by atoms with van der Waals surface area (Å²) in [5.41, 5.74) is 4.13. The van der Waals surface area contributed by atoms with Crippen LogP contribution in [0.25, 0.3) is 0 Å². The molecule has 1 N–H and O–H groups in total. The van der Waals surface area contributed by atoms with Crippen LogP contribution in [0, 0.1) is 16.7 Å². The molecular weight excluding hydrogens is 354 g/mol. The van der Waals surface area contributed by atoms with Crippen molar-refractivity contribution in [3.63, 3.8) is 0 Å². The standard InChI is InChI=1S/C22H19N3OS/c1-22(14-25-20(26)21-24-9-10-27-21)12-17-8-7-15(13-23)11-18(17)19(22)16-5-3-2-4-6-16/h2-11,19H,12,14H2,1H3,(H,25,26)/t19-,22-/m0/s1. The van der Waals surface area contributed by atoms with Gasteiger partial charge in [-0.05, 0) is 40.7 Å². The molecule has 1 heterocycles. The number of nitriles is 1. The minimum Gasteiger partial charge on any atom is -0.349 e. The van der Waals surface area contributed by atoms with Gasteiger partial charge in [0.1, 0.15) is 0 Å². The molecule has 5 heteroatoms. The Morgan fingerprint density at radius 3 is 2.85 bits per heavy atom. The Balaban J connectivity index is 1.68. The van der Waals surface area contributed by atoms with Crippen molar-refractivity contribution in [2.45, 2.75) is 19.3 Å². The number of carbonyl (C=O) groups excluding carboxylic acids is 1. The van der Waals surface area contributed by atoms with E-state index in [-0.39, 0.29) is 17.2 Å². The van der Waals surface area contributed by atoms with Gasteiger partial charge in [0, 0.05) is 24.0 Å². The molecular formula is C22H19N3OS. The molecule has 1 aromatic heterocycles. The van der Waals surface area contributed by atoms with Gasteiger partial charge >= 0.3 is 0 Å². The highest BCUT2D eigenvalue weighted by Gasteiger charge is 2.43. The Bertz CT molecular complexity index is 1010. The Morgan fingerprint density at radius 1 is 1.33 bits per heavy atom. The summed E-state index contributed by atoms with van der Waals surface area (Å²) in [5, 5.41) is 14.7. The van der Waals surface area contributed by atoms with Crippen molar-refractivity contribution in [3.05, 3.63) is 87.4 Å². The fourth-order valence-electron chi connectivity index (χ4n) is 4.09. The number of fused-ring (bicyclic) bond motifs is 1. The Morgan fingerprint density at radius 2 is 2.15 bits per heavy atom. The number of rotatable bonds is 4. The van der Waals surface area contributed by atoms with E-state index in [9.17, 15) is 10.1 Å². The molecule has 0 bridgehead atoms. The maximum Gasteiger partial charge on any atom is 0.280 e. The average Bonchev–Trinajstić information content (AvgIpc) is 3.32. The Kier molecular flexibility index (Phi) is 4.51. The first-order valence-corrected chi connectivity index (χ1v) is 9.74. The lowest BCUT2D eigenvalue weighted by Gasteiger charge is -2.32. The fraction of sp³-hybridized carbons (Fsp3) is 0.227. The van der Waals surface area contributed by atoms with Crippen molar-refractivity contribution >= 4 is 17.2 Å². The highest BCUT2D eigenvalue weighted by atomic mass is 32.1. The molecule has 0 unspecified atom stereocenters. The van der Waals surface area contributed by atoms with Crippen molar-refractivity contribution < 1.29 is 4.79 Å². The number of hydrogen-bond acceptors (Lipinski definition) is 4. The van der Waals surface area contributed by atoms with Crippen LogP contribution in [-0.4, -0.2) is 17.4 Å². The number of amides is 1. The van der Waals surface area contributed by atoms with Crippen molar-refractivity contribution in [3.8, 4) is 6.07 Å². The number of nitrogens with zero attached hydrogens (tertiary/aromatic N) is 2. The monoisotopic (exact) mass is 373 g/mol. The third kappa shape index (κ3) is 3.24. The van der Waals surface area contributed by atoms with Crippen LogP contribution in [0.3, 0.4) is 0 Å². The number of aromatic nitrogens is 1. The van der Waals surface area contributed by atoms with E-state index in [1.165, 1.54) is 28.0 Å². The molecule has 1 aliphatic rings. The number of benzene rings is 2. The second-order valence-corrected chi connectivity index (χ2v) is 8.11. The fourth-order valence-corrected chi connectivity index (χ4v) is 4.64. The van der Waals surface area contributed by atoms with E-state index < -0.39 is 0 Å². The smallest absolute Gasteiger partial charge is 0.280 e. The molecule has 2 atom stereocenters. The highest BCUT2D eigenvalue weighted by molar-refractivity contribution is 7.11. The van der Waals surface area contributed by atoms with Gasteiger partial charge in [0.2, 0.25) is 0 Å². The number of carbonyl (C=O) groups is 1. The summed E-state index contributed by atoms with van der Waals surface area (Å²) in [5.74, 6) is -0.00898. The first-order chi connectivity index (χ1) is 13.1. The molecule has 4 rings (SSSR count). The summed E-state index contributed by atoms with van der Waals surface area (Å²) in [7, 11) is 0. The third-order valence-corrected chi connectivity index (χ3v) is 6.06. The van der Waals surface area contributed by atoms with Crippen LogP contribution >= 0.6 is 11.3 Å². The molecule has 0 spiro atoms. The van der Waals surface area contributed by atoms with Crippen LogP contribution in [-0.2, 0) is 6.42 Å². The van der Waals surface area contributed by atoms with Crippen molar-refractivity contribution in [1.82, 2.24) is 10.3 Å². The first-order valence-electron chi connectivity index (χ1n) is 8.86. The molecule has 134 valence electrons. The van der Waals surface area contributed by atoms with Crippen LogP contribution in [0.15, 0.2) is 60.1 Å². The predicted octanol–water partition coefficient (Wildman–Crippen LogP) is 4.14. The summed E-state index contributed by atoms with van der Waals surface area (Å²) < 4.78 is 0. The number of nitrogens with one attached hydrogen (secondary N) is 1. The molecule has 0 aliphatic heterocycles. The Labute approximate surface area is 162 Å². The van der Waals surface area contributed by atoms with E-state index in [2.05, 4.69) is 41.5 Å². The summed E-state index contributed by atoms with van der Waals surface area (Å²) in [4.78, 5) is 16.5. The molecule has 1 aliphatic carbocycles. The van der Waals surface area contributed by atoms with E-state index in [1.807, 2.05) is 30.3 Å². The number of hydrogen-bond donors (Lipinski definition) is 1. The first kappa shape index (κ1) is 17.4. The highest BCUT2D eigenvalue weighted by Crippen LogP contribution is 2.50. The number of thiazole rings is 1. The lowest BCUT2D eigenvalue weighted by molar-refractivity contribution is 0.0931. The van der Waals surface area contributed by atoms with Crippen molar-refractivity contribution in [2.24, 2.45) is 5.41 Å². The maximum absolute atomic E-state index is 12.4. The van der Waals surface area contributed by atoms with Gasteiger partial charge in [-0.25, -0.2) is 4.98 Å². The van der Waals surface area contributed by atoms with E-state index >= 15 is 0 Å². The normalized spacial score (nSPS) is 20.7. The van der Waals surface area contributed by atoms with E-state index in [1.54, 1.807) is 11.6 Å². The van der Waals surface area contributed by atoms with E-state index in [4.69, 9.17) is 0 Å². The van der Waals surface area contributed by atoms with E-state index in [0.717, 1.165) is 6.42 Å². The van der Waals surface area contributed by atoms with Gasteiger partial charge < -0.3 is 5.32 Å². The lowest BCUT2D eigenvalue weighted by Crippen LogP contribution is -2.38. The molecule has 0 radical (unpaired) electrons. The van der Waals surface area contributed by atoms with Gasteiger partial charge in [0.25, 0.3) is 5.91 Å².